The maximum Gasteiger partial charge on any atom is 0.293 e. The van der Waals surface area contributed by atoms with Gasteiger partial charge in [0.2, 0.25) is 0 Å². The lowest BCUT2D eigenvalue weighted by Gasteiger charge is -2.21. The molecule has 1 aliphatic carbocycles. The van der Waals surface area contributed by atoms with E-state index in [1.165, 1.54) is 25.3 Å². The van der Waals surface area contributed by atoms with Gasteiger partial charge in [-0.25, -0.2) is 4.39 Å². The predicted molar refractivity (Wildman–Crippen MR) is 116 cm³/mol. The van der Waals surface area contributed by atoms with Crippen molar-refractivity contribution in [3.05, 3.63) is 54.3 Å². The number of carbonyl (C=O) groups excluding carboxylic acids is 1. The van der Waals surface area contributed by atoms with Gasteiger partial charge in [0, 0.05) is 29.5 Å². The van der Waals surface area contributed by atoms with E-state index in [9.17, 15) is 9.18 Å². The quantitative estimate of drug-likeness (QED) is 0.555. The zero-order valence-electron chi connectivity index (χ0n) is 16.3. The van der Waals surface area contributed by atoms with Gasteiger partial charge in [-0.1, -0.05) is 19.3 Å². The van der Waals surface area contributed by atoms with Crippen LogP contribution in [0, 0.1) is 11.7 Å². The van der Waals surface area contributed by atoms with Crippen molar-refractivity contribution in [2.24, 2.45) is 5.92 Å². The van der Waals surface area contributed by atoms with Gasteiger partial charge in [0.05, 0.1) is 6.61 Å². The SMILES string of the molecule is O=C(NC(=S)Nc1ccc(OCC2CCCCC2)c(F)c1)c1cc2cnccc2o1. The average Bonchev–Trinajstić information content (AvgIpc) is 3.18. The molecule has 1 amide bonds. The predicted octanol–water partition coefficient (Wildman–Crippen LogP) is 5.05. The monoisotopic (exact) mass is 427 g/mol. The number of hydrogen-bond acceptors (Lipinski definition) is 5. The zero-order chi connectivity index (χ0) is 20.9. The number of amides is 1. The van der Waals surface area contributed by atoms with Crippen molar-refractivity contribution in [2.75, 3.05) is 11.9 Å². The molecule has 0 unspecified atom stereocenters. The van der Waals surface area contributed by atoms with Gasteiger partial charge >= 0.3 is 0 Å². The Morgan fingerprint density at radius 1 is 1.23 bits per heavy atom. The average molecular weight is 428 g/mol. The van der Waals surface area contributed by atoms with Crippen molar-refractivity contribution in [1.29, 1.82) is 0 Å². The van der Waals surface area contributed by atoms with E-state index in [4.69, 9.17) is 21.4 Å². The molecule has 8 heteroatoms. The van der Waals surface area contributed by atoms with Crippen LogP contribution in [0.1, 0.15) is 42.7 Å². The van der Waals surface area contributed by atoms with Crippen LogP contribution in [0.5, 0.6) is 5.75 Å². The minimum absolute atomic E-state index is 0.0360. The molecule has 0 bridgehead atoms. The van der Waals surface area contributed by atoms with E-state index in [-0.39, 0.29) is 16.6 Å². The first kappa shape index (κ1) is 20.3. The summed E-state index contributed by atoms with van der Waals surface area (Å²) in [7, 11) is 0. The Bertz CT molecular complexity index is 1030. The summed E-state index contributed by atoms with van der Waals surface area (Å²) < 4.78 is 25.5. The van der Waals surface area contributed by atoms with E-state index in [0.717, 1.165) is 12.8 Å². The highest BCUT2D eigenvalue weighted by Gasteiger charge is 2.16. The largest absolute Gasteiger partial charge is 0.490 e. The number of halogens is 1. The normalized spacial score (nSPS) is 14.4. The molecule has 6 nitrogen and oxygen atoms in total. The molecule has 156 valence electrons. The first-order valence-corrected chi connectivity index (χ1v) is 10.4. The smallest absolute Gasteiger partial charge is 0.293 e. The molecule has 2 N–H and O–H groups in total. The van der Waals surface area contributed by atoms with Gasteiger partial charge in [0.25, 0.3) is 5.91 Å². The van der Waals surface area contributed by atoms with Crippen LogP contribution in [-0.4, -0.2) is 22.6 Å². The summed E-state index contributed by atoms with van der Waals surface area (Å²) in [6, 6.07) is 7.77. The molecule has 1 aromatic carbocycles. The third-order valence-corrected chi connectivity index (χ3v) is 5.36. The van der Waals surface area contributed by atoms with Crippen molar-refractivity contribution >= 4 is 39.9 Å². The summed E-state index contributed by atoms with van der Waals surface area (Å²) in [5.41, 5.74) is 0.969. The van der Waals surface area contributed by atoms with Gasteiger partial charge in [-0.2, -0.15) is 0 Å². The number of benzene rings is 1. The number of thiocarbonyl (C=S) groups is 1. The number of anilines is 1. The fourth-order valence-corrected chi connectivity index (χ4v) is 3.79. The van der Waals surface area contributed by atoms with Crippen molar-refractivity contribution in [3.63, 3.8) is 0 Å². The van der Waals surface area contributed by atoms with Crippen molar-refractivity contribution in [3.8, 4) is 5.75 Å². The molecule has 0 atom stereocenters. The molecule has 0 radical (unpaired) electrons. The Labute approximate surface area is 178 Å². The number of hydrogen-bond donors (Lipinski definition) is 2. The van der Waals surface area contributed by atoms with Crippen LogP contribution in [0.3, 0.4) is 0 Å². The highest BCUT2D eigenvalue weighted by atomic mass is 32.1. The lowest BCUT2D eigenvalue weighted by Crippen LogP contribution is -2.33. The first-order valence-electron chi connectivity index (χ1n) is 9.97. The second-order valence-corrected chi connectivity index (χ2v) is 7.80. The number of furan rings is 1. The Morgan fingerprint density at radius 3 is 2.83 bits per heavy atom. The Morgan fingerprint density at radius 2 is 2.07 bits per heavy atom. The Balaban J connectivity index is 1.32. The summed E-state index contributed by atoms with van der Waals surface area (Å²) in [5, 5.41) is 6.07. The van der Waals surface area contributed by atoms with Gasteiger partial charge in [-0.05, 0) is 55.2 Å². The van der Waals surface area contributed by atoms with Gasteiger partial charge in [-0.15, -0.1) is 0 Å². The summed E-state index contributed by atoms with van der Waals surface area (Å²) in [4.78, 5) is 16.3. The third kappa shape index (κ3) is 4.94. The molecular weight excluding hydrogens is 405 g/mol. The van der Waals surface area contributed by atoms with Gasteiger partial charge < -0.3 is 14.5 Å². The Kier molecular flexibility index (Phi) is 6.23. The summed E-state index contributed by atoms with van der Waals surface area (Å²) >= 11 is 5.16. The van der Waals surface area contributed by atoms with Gasteiger partial charge in [0.1, 0.15) is 5.58 Å². The molecule has 30 heavy (non-hydrogen) atoms. The molecule has 4 rings (SSSR count). The van der Waals surface area contributed by atoms with Crippen LogP contribution in [0.25, 0.3) is 11.0 Å². The number of rotatable bonds is 5. The molecule has 2 aromatic heterocycles. The number of aromatic nitrogens is 1. The summed E-state index contributed by atoms with van der Waals surface area (Å²) in [6.45, 7) is 0.533. The number of carbonyl (C=O) groups is 1. The molecule has 1 fully saturated rings. The molecule has 2 heterocycles. The van der Waals surface area contributed by atoms with E-state index in [1.54, 1.807) is 36.7 Å². The molecule has 3 aromatic rings. The zero-order valence-corrected chi connectivity index (χ0v) is 17.1. The van der Waals surface area contributed by atoms with E-state index in [0.29, 0.717) is 29.2 Å². The number of ether oxygens (including phenoxy) is 1. The van der Waals surface area contributed by atoms with Gasteiger partial charge in [-0.3, -0.25) is 15.1 Å². The van der Waals surface area contributed by atoms with Crippen LogP contribution >= 0.6 is 12.2 Å². The highest BCUT2D eigenvalue weighted by Crippen LogP contribution is 2.26. The topological polar surface area (TPSA) is 76.4 Å². The molecule has 0 aliphatic heterocycles. The summed E-state index contributed by atoms with van der Waals surface area (Å²) in [5.74, 6) is -0.157. The number of nitrogens with one attached hydrogen (secondary N) is 2. The van der Waals surface area contributed by atoms with Crippen molar-refractivity contribution < 1.29 is 18.3 Å². The molecule has 0 spiro atoms. The minimum Gasteiger partial charge on any atom is -0.490 e. The maximum atomic E-state index is 14.4. The van der Waals surface area contributed by atoms with Crippen LogP contribution in [0.2, 0.25) is 0 Å². The fourth-order valence-electron chi connectivity index (χ4n) is 3.58. The number of fused-ring (bicyclic) bond motifs is 1. The van der Waals surface area contributed by atoms with Crippen LogP contribution in [0.4, 0.5) is 10.1 Å². The second-order valence-electron chi connectivity index (χ2n) is 7.39. The van der Waals surface area contributed by atoms with E-state index in [2.05, 4.69) is 15.6 Å². The maximum absolute atomic E-state index is 14.4. The van der Waals surface area contributed by atoms with E-state index < -0.39 is 11.7 Å². The van der Waals surface area contributed by atoms with E-state index in [1.807, 2.05) is 0 Å². The van der Waals surface area contributed by atoms with E-state index >= 15 is 0 Å². The second kappa shape index (κ2) is 9.21. The fraction of sp³-hybridized carbons (Fsp3) is 0.318. The van der Waals surface area contributed by atoms with Crippen LogP contribution in [-0.2, 0) is 0 Å². The number of nitrogens with zero attached hydrogens (tertiary/aromatic N) is 1. The van der Waals surface area contributed by atoms with Crippen molar-refractivity contribution in [1.82, 2.24) is 10.3 Å². The Hall–Kier alpha value is -3.00. The molecule has 0 saturated heterocycles. The van der Waals surface area contributed by atoms with Crippen LogP contribution < -0.4 is 15.4 Å². The highest BCUT2D eigenvalue weighted by molar-refractivity contribution is 7.80. The first-order chi connectivity index (χ1) is 14.6. The molecular formula is C22H22FN3O3S. The van der Waals surface area contributed by atoms with Crippen LogP contribution in [0.15, 0.2) is 47.1 Å². The lowest BCUT2D eigenvalue weighted by atomic mass is 9.90. The summed E-state index contributed by atoms with van der Waals surface area (Å²) in [6.07, 6.45) is 9.16. The minimum atomic E-state index is -0.503. The van der Waals surface area contributed by atoms with Gasteiger partial charge in [0.15, 0.2) is 22.4 Å². The molecule has 1 aliphatic rings. The lowest BCUT2D eigenvalue weighted by molar-refractivity contribution is 0.0953. The molecule has 1 saturated carbocycles. The number of pyridine rings is 1. The van der Waals surface area contributed by atoms with Crippen molar-refractivity contribution in [2.45, 2.75) is 32.1 Å². The third-order valence-electron chi connectivity index (χ3n) is 5.16. The standard InChI is InChI=1S/C22H22FN3O3S/c23-17-11-16(6-7-19(17)28-13-14-4-2-1-3-5-14)25-22(30)26-21(27)20-10-15-12-24-9-8-18(15)29-20/h6-12,14H,1-5,13H2,(H2,25,26,27,30).